The molecule has 1 aliphatic heterocycles. The van der Waals surface area contributed by atoms with E-state index in [1.807, 2.05) is 0 Å². The number of nitrogens with two attached hydrogens (primary N) is 1. The molecule has 16 heavy (non-hydrogen) atoms. The highest BCUT2D eigenvalue weighted by molar-refractivity contribution is 5.03. The summed E-state index contributed by atoms with van der Waals surface area (Å²) in [6, 6.07) is 2.50. The number of ether oxygens (including phenoxy) is 1. The molecule has 3 unspecified atom stereocenters. The van der Waals surface area contributed by atoms with Crippen LogP contribution in [0, 0.1) is 11.3 Å². The fraction of sp³-hybridized carbons (Fsp3) is 0.917. The van der Waals surface area contributed by atoms with Crippen molar-refractivity contribution < 1.29 is 4.74 Å². The van der Waals surface area contributed by atoms with Gasteiger partial charge in [-0.15, -0.1) is 0 Å². The van der Waals surface area contributed by atoms with Crippen LogP contribution in [-0.2, 0) is 4.74 Å². The lowest BCUT2D eigenvalue weighted by molar-refractivity contribution is -0.0443. The second-order valence-electron chi connectivity index (χ2n) is 4.98. The Hall–Kier alpha value is -0.630. The lowest BCUT2D eigenvalue weighted by Gasteiger charge is -2.38. The molecule has 0 aromatic heterocycles. The van der Waals surface area contributed by atoms with Gasteiger partial charge in [0, 0.05) is 19.1 Å². The maximum Gasteiger partial charge on any atom is 0.102 e. The van der Waals surface area contributed by atoms with Gasteiger partial charge in [0.1, 0.15) is 5.54 Å². The van der Waals surface area contributed by atoms with E-state index in [9.17, 15) is 0 Å². The summed E-state index contributed by atoms with van der Waals surface area (Å²) in [6.45, 7) is 8.76. The number of hydrogen-bond donors (Lipinski definition) is 1. The molecule has 2 N–H and O–H groups in total. The predicted octanol–water partition coefficient (Wildman–Crippen LogP) is 1.12. The van der Waals surface area contributed by atoms with Crippen LogP contribution in [0.25, 0.3) is 0 Å². The van der Waals surface area contributed by atoms with Gasteiger partial charge < -0.3 is 10.5 Å². The Kier molecular flexibility index (Phi) is 4.72. The minimum absolute atomic E-state index is 0.335. The van der Waals surface area contributed by atoms with Gasteiger partial charge in [-0.3, -0.25) is 4.90 Å². The summed E-state index contributed by atoms with van der Waals surface area (Å²) in [6.07, 6.45) is 2.09. The van der Waals surface area contributed by atoms with E-state index < -0.39 is 5.54 Å². The van der Waals surface area contributed by atoms with Gasteiger partial charge in [-0.25, -0.2) is 0 Å². The number of rotatable bonds is 4. The highest BCUT2D eigenvalue weighted by Crippen LogP contribution is 2.17. The molecule has 0 aromatic rings. The van der Waals surface area contributed by atoms with Gasteiger partial charge in [-0.05, 0) is 26.7 Å². The minimum atomic E-state index is -0.723. The normalized spacial score (nSPS) is 28.1. The minimum Gasteiger partial charge on any atom is -0.376 e. The SMILES string of the molecule is CCC1CN(C(C)CC(C)(N)C#N)CCO1. The molecule has 0 aliphatic carbocycles. The van der Waals surface area contributed by atoms with Crippen LogP contribution in [0.4, 0.5) is 0 Å². The average molecular weight is 225 g/mol. The summed E-state index contributed by atoms with van der Waals surface area (Å²) in [7, 11) is 0. The first-order valence-electron chi connectivity index (χ1n) is 6.04. The van der Waals surface area contributed by atoms with E-state index in [0.717, 1.165) is 26.1 Å². The summed E-state index contributed by atoms with van der Waals surface area (Å²) < 4.78 is 5.63. The third-order valence-electron chi connectivity index (χ3n) is 3.22. The zero-order valence-corrected chi connectivity index (χ0v) is 10.6. The van der Waals surface area contributed by atoms with Crippen molar-refractivity contribution in [2.24, 2.45) is 5.73 Å². The molecule has 0 spiro atoms. The molecular weight excluding hydrogens is 202 g/mol. The van der Waals surface area contributed by atoms with E-state index in [0.29, 0.717) is 18.6 Å². The van der Waals surface area contributed by atoms with E-state index >= 15 is 0 Å². The average Bonchev–Trinajstić information content (AvgIpc) is 2.28. The van der Waals surface area contributed by atoms with E-state index in [-0.39, 0.29) is 0 Å². The molecule has 92 valence electrons. The van der Waals surface area contributed by atoms with Crippen molar-refractivity contribution in [3.05, 3.63) is 0 Å². The van der Waals surface area contributed by atoms with Gasteiger partial charge in [-0.1, -0.05) is 6.92 Å². The van der Waals surface area contributed by atoms with Crippen molar-refractivity contribution in [2.75, 3.05) is 19.7 Å². The van der Waals surface area contributed by atoms with E-state index in [1.54, 1.807) is 6.92 Å². The van der Waals surface area contributed by atoms with Gasteiger partial charge in [0.25, 0.3) is 0 Å². The predicted molar refractivity (Wildman–Crippen MR) is 63.9 cm³/mol. The second kappa shape index (κ2) is 5.62. The smallest absolute Gasteiger partial charge is 0.102 e. The topological polar surface area (TPSA) is 62.3 Å². The standard InChI is InChI=1S/C12H23N3O/c1-4-11-8-15(5-6-16-11)10(2)7-12(3,14)9-13/h10-11H,4-8,14H2,1-3H3. The van der Waals surface area contributed by atoms with Crippen molar-refractivity contribution in [1.82, 2.24) is 4.90 Å². The van der Waals surface area contributed by atoms with Crippen molar-refractivity contribution in [3.63, 3.8) is 0 Å². The van der Waals surface area contributed by atoms with E-state index in [2.05, 4.69) is 24.8 Å². The van der Waals surface area contributed by atoms with Crippen LogP contribution < -0.4 is 5.73 Å². The van der Waals surface area contributed by atoms with Crippen LogP contribution in [0.2, 0.25) is 0 Å². The Morgan fingerprint density at radius 2 is 2.38 bits per heavy atom. The van der Waals surface area contributed by atoms with E-state index in [1.165, 1.54) is 0 Å². The summed E-state index contributed by atoms with van der Waals surface area (Å²) >= 11 is 0. The second-order valence-corrected chi connectivity index (χ2v) is 4.98. The molecule has 0 aromatic carbocycles. The van der Waals surface area contributed by atoms with Crippen molar-refractivity contribution in [3.8, 4) is 6.07 Å². The number of nitrogens with zero attached hydrogens (tertiary/aromatic N) is 2. The maximum atomic E-state index is 8.92. The van der Waals surface area contributed by atoms with E-state index in [4.69, 9.17) is 15.7 Å². The van der Waals surface area contributed by atoms with Gasteiger partial charge in [-0.2, -0.15) is 5.26 Å². The van der Waals surface area contributed by atoms with Crippen molar-refractivity contribution in [1.29, 1.82) is 5.26 Å². The molecule has 0 radical (unpaired) electrons. The molecule has 0 saturated carbocycles. The van der Waals surface area contributed by atoms with Crippen LogP contribution in [0.5, 0.6) is 0 Å². The molecule has 1 fully saturated rings. The van der Waals surface area contributed by atoms with Gasteiger partial charge >= 0.3 is 0 Å². The molecule has 0 bridgehead atoms. The molecule has 1 saturated heterocycles. The van der Waals surface area contributed by atoms with Crippen LogP contribution >= 0.6 is 0 Å². The molecule has 1 aliphatic rings. The van der Waals surface area contributed by atoms with Gasteiger partial charge in [0.2, 0.25) is 0 Å². The highest BCUT2D eigenvalue weighted by atomic mass is 16.5. The monoisotopic (exact) mass is 225 g/mol. The fourth-order valence-electron chi connectivity index (χ4n) is 2.18. The Bertz CT molecular complexity index is 259. The van der Waals surface area contributed by atoms with Crippen LogP contribution in [0.15, 0.2) is 0 Å². The molecule has 1 heterocycles. The zero-order chi connectivity index (χ0) is 12.2. The van der Waals surface area contributed by atoms with Crippen LogP contribution in [-0.4, -0.2) is 42.3 Å². The van der Waals surface area contributed by atoms with Gasteiger partial charge in [0.15, 0.2) is 0 Å². The number of morpholine rings is 1. The molecule has 0 amide bonds. The highest BCUT2D eigenvalue weighted by Gasteiger charge is 2.28. The fourth-order valence-corrected chi connectivity index (χ4v) is 2.18. The summed E-state index contributed by atoms with van der Waals surface area (Å²) in [5.74, 6) is 0. The summed E-state index contributed by atoms with van der Waals surface area (Å²) in [5, 5.41) is 8.92. The molecule has 3 atom stereocenters. The summed E-state index contributed by atoms with van der Waals surface area (Å²) in [4.78, 5) is 2.38. The Labute approximate surface area is 98.4 Å². The quantitative estimate of drug-likeness (QED) is 0.778. The van der Waals surface area contributed by atoms with Crippen molar-refractivity contribution in [2.45, 2.75) is 51.3 Å². The number of nitriles is 1. The third-order valence-corrected chi connectivity index (χ3v) is 3.22. The molecular formula is C12H23N3O. The lowest BCUT2D eigenvalue weighted by atomic mass is 9.95. The maximum absolute atomic E-state index is 8.92. The first kappa shape index (κ1) is 13.4. The Morgan fingerprint density at radius 3 is 2.94 bits per heavy atom. The Balaban J connectivity index is 2.48. The Morgan fingerprint density at radius 1 is 1.69 bits per heavy atom. The van der Waals surface area contributed by atoms with Crippen molar-refractivity contribution >= 4 is 0 Å². The largest absolute Gasteiger partial charge is 0.376 e. The van der Waals surface area contributed by atoms with Crippen LogP contribution in [0.1, 0.15) is 33.6 Å². The zero-order valence-electron chi connectivity index (χ0n) is 10.6. The first-order valence-corrected chi connectivity index (χ1v) is 6.04. The summed E-state index contributed by atoms with van der Waals surface area (Å²) in [5.41, 5.74) is 5.15. The molecule has 1 rings (SSSR count). The first-order chi connectivity index (χ1) is 7.48. The number of hydrogen-bond acceptors (Lipinski definition) is 4. The van der Waals surface area contributed by atoms with Crippen LogP contribution in [0.3, 0.4) is 0 Å². The van der Waals surface area contributed by atoms with Gasteiger partial charge in [0.05, 0.1) is 18.8 Å². The molecule has 4 nitrogen and oxygen atoms in total. The molecule has 4 heteroatoms. The lowest BCUT2D eigenvalue weighted by Crippen LogP contribution is -2.50. The third kappa shape index (κ3) is 3.75.